The van der Waals surface area contributed by atoms with Crippen LogP contribution in [0.15, 0.2) is 91.5 Å². The fraction of sp³-hybridized carbons (Fsp3) is 0.273. The lowest BCUT2D eigenvalue weighted by atomic mass is 10.1. The maximum absolute atomic E-state index is 6.64. The SMILES string of the molecule is CCOCCOCCOCOc1[nH]nnc1C(N)C(N)=C(OCc1ccc(Cl)cc1)c1c[nH]c2ccc(Cl)cc12.c1c[nH]nn1.c1c[nH]nn1.c1c[nH]nn1. The van der Waals surface area contributed by atoms with Crippen LogP contribution in [0.5, 0.6) is 5.88 Å². The Kier molecular flexibility index (Phi) is 18.6. The molecule has 55 heavy (non-hydrogen) atoms. The quantitative estimate of drug-likeness (QED) is 0.0414. The van der Waals surface area contributed by atoms with Crippen LogP contribution in [0.3, 0.4) is 0 Å². The van der Waals surface area contributed by atoms with Gasteiger partial charge < -0.3 is 40.1 Å². The van der Waals surface area contributed by atoms with Crippen molar-refractivity contribution in [1.82, 2.24) is 66.6 Å². The third-order valence-corrected chi connectivity index (χ3v) is 7.33. The van der Waals surface area contributed by atoms with E-state index in [0.717, 1.165) is 16.5 Å². The van der Waals surface area contributed by atoms with Crippen LogP contribution in [0.2, 0.25) is 10.0 Å². The van der Waals surface area contributed by atoms with E-state index in [1.807, 2.05) is 31.2 Å². The molecule has 0 fully saturated rings. The normalized spacial score (nSPS) is 11.6. The van der Waals surface area contributed by atoms with Crippen molar-refractivity contribution < 1.29 is 23.7 Å². The Bertz CT molecular complexity index is 1890. The van der Waals surface area contributed by atoms with E-state index in [2.05, 4.69) is 66.6 Å². The molecule has 7 aromatic rings. The minimum Gasteiger partial charge on any atom is -0.486 e. The van der Waals surface area contributed by atoms with Crippen molar-refractivity contribution in [2.24, 2.45) is 11.5 Å². The Morgan fingerprint density at radius 3 is 1.98 bits per heavy atom. The van der Waals surface area contributed by atoms with Gasteiger partial charge in [-0.3, -0.25) is 15.3 Å². The molecule has 7 rings (SSSR count). The Morgan fingerprint density at radius 1 is 0.782 bits per heavy atom. The first-order valence-electron chi connectivity index (χ1n) is 16.6. The Balaban J connectivity index is 0.000000367. The van der Waals surface area contributed by atoms with Crippen molar-refractivity contribution in [1.29, 1.82) is 0 Å². The summed E-state index contributed by atoms with van der Waals surface area (Å²) in [6.07, 6.45) is 11.5. The van der Waals surface area contributed by atoms with E-state index in [1.165, 1.54) is 0 Å². The highest BCUT2D eigenvalue weighted by atomic mass is 35.5. The van der Waals surface area contributed by atoms with E-state index in [4.69, 9.17) is 58.4 Å². The van der Waals surface area contributed by atoms with E-state index in [-0.39, 0.29) is 25.0 Å². The van der Waals surface area contributed by atoms with Gasteiger partial charge in [-0.05, 0) is 42.8 Å². The minimum atomic E-state index is -0.917. The number of hydrogen-bond acceptors (Lipinski definition) is 15. The van der Waals surface area contributed by atoms with Gasteiger partial charge in [0.1, 0.15) is 18.1 Å². The van der Waals surface area contributed by atoms with Gasteiger partial charge in [0.2, 0.25) is 5.88 Å². The first-order valence-corrected chi connectivity index (χ1v) is 17.3. The van der Waals surface area contributed by atoms with Crippen LogP contribution in [-0.2, 0) is 25.6 Å². The molecule has 292 valence electrons. The second-order valence-electron chi connectivity index (χ2n) is 10.6. The first-order chi connectivity index (χ1) is 27.0. The lowest BCUT2D eigenvalue weighted by Crippen LogP contribution is -2.23. The van der Waals surface area contributed by atoms with E-state index >= 15 is 0 Å². The number of ether oxygens (including phenoxy) is 5. The summed E-state index contributed by atoms with van der Waals surface area (Å²) in [7, 11) is 0. The second-order valence-corrected chi connectivity index (χ2v) is 11.4. The highest BCUT2D eigenvalue weighted by Crippen LogP contribution is 2.33. The molecule has 0 bridgehead atoms. The molecule has 0 amide bonds. The van der Waals surface area contributed by atoms with Crippen molar-refractivity contribution in [3.05, 3.63) is 118 Å². The van der Waals surface area contributed by atoms with Crippen molar-refractivity contribution in [3.8, 4) is 5.88 Å². The monoisotopic (exact) mass is 797 g/mol. The zero-order valence-electron chi connectivity index (χ0n) is 29.6. The summed E-state index contributed by atoms with van der Waals surface area (Å²) in [6, 6.07) is 11.9. The smallest absolute Gasteiger partial charge is 0.237 e. The van der Waals surface area contributed by atoms with E-state index in [0.29, 0.717) is 60.1 Å². The summed E-state index contributed by atoms with van der Waals surface area (Å²) in [6.45, 7) is 4.52. The van der Waals surface area contributed by atoms with Crippen molar-refractivity contribution in [2.45, 2.75) is 19.6 Å². The standard InChI is InChI=1S/C27H32Cl2N6O5.3C2H3N3/c1-2-36-9-10-37-11-12-38-16-40-27-25(33-35-34-27)23(30)24(31)26(39-15-17-3-5-18(28)6-4-17)21-14-32-22-8-7-19(29)13-20(21)22;3*1-2-4-5-3-1/h3-8,13-14,23,32H,2,9-12,15-16,30-31H2,1H3,(H,33,34,35);3*1-2H,(H,3,4,5). The van der Waals surface area contributed by atoms with Crippen LogP contribution < -0.4 is 16.2 Å². The summed E-state index contributed by atoms with van der Waals surface area (Å²) in [4.78, 5) is 3.22. The molecule has 0 aliphatic rings. The third-order valence-electron chi connectivity index (χ3n) is 6.85. The number of halogens is 2. The topological polar surface area (TPSA) is 280 Å². The summed E-state index contributed by atoms with van der Waals surface area (Å²) in [5, 5.41) is 40.4. The zero-order valence-corrected chi connectivity index (χ0v) is 31.2. The number of hydrogen-bond donors (Lipinski definition) is 7. The lowest BCUT2D eigenvalue weighted by Gasteiger charge is -2.18. The van der Waals surface area contributed by atoms with Crippen LogP contribution in [-0.4, -0.2) is 106 Å². The molecular formula is C33H41Cl2N15O5. The molecule has 0 radical (unpaired) electrons. The molecule has 0 saturated heterocycles. The number of aromatic amines is 5. The maximum atomic E-state index is 6.64. The highest BCUT2D eigenvalue weighted by Gasteiger charge is 2.25. The molecule has 0 saturated carbocycles. The fourth-order valence-corrected chi connectivity index (χ4v) is 4.60. The molecule has 0 aliphatic carbocycles. The molecule has 22 heteroatoms. The Morgan fingerprint density at radius 2 is 1.40 bits per heavy atom. The van der Waals surface area contributed by atoms with Gasteiger partial charge >= 0.3 is 0 Å². The van der Waals surface area contributed by atoms with Gasteiger partial charge in [0.15, 0.2) is 6.79 Å². The first kappa shape index (κ1) is 41.9. The average molecular weight is 799 g/mol. The van der Waals surface area contributed by atoms with Crippen LogP contribution >= 0.6 is 23.2 Å². The number of aromatic nitrogens is 13. The van der Waals surface area contributed by atoms with Crippen molar-refractivity contribution >= 4 is 39.9 Å². The van der Waals surface area contributed by atoms with Crippen LogP contribution in [0.25, 0.3) is 16.7 Å². The number of nitrogens with one attached hydrogen (secondary N) is 5. The number of rotatable bonds is 16. The molecule has 20 nitrogen and oxygen atoms in total. The highest BCUT2D eigenvalue weighted by molar-refractivity contribution is 6.31. The van der Waals surface area contributed by atoms with Gasteiger partial charge in [-0.25, -0.2) is 5.10 Å². The number of fused-ring (bicyclic) bond motifs is 1. The summed E-state index contributed by atoms with van der Waals surface area (Å²) < 4.78 is 28.0. The van der Waals surface area contributed by atoms with Gasteiger partial charge in [-0.1, -0.05) is 56.2 Å². The molecule has 2 aromatic carbocycles. The number of H-pyrrole nitrogens is 5. The summed E-state index contributed by atoms with van der Waals surface area (Å²) >= 11 is 12.3. The number of benzene rings is 2. The van der Waals surface area contributed by atoms with Crippen molar-refractivity contribution in [3.63, 3.8) is 0 Å². The molecule has 1 unspecified atom stereocenters. The van der Waals surface area contributed by atoms with E-state index in [9.17, 15) is 0 Å². The van der Waals surface area contributed by atoms with Crippen LogP contribution in [0.4, 0.5) is 0 Å². The zero-order chi connectivity index (χ0) is 38.9. The average Bonchev–Trinajstić information content (AvgIpc) is 4.06. The van der Waals surface area contributed by atoms with Crippen molar-refractivity contribution in [2.75, 3.05) is 39.8 Å². The number of nitrogens with two attached hydrogens (primary N) is 2. The van der Waals surface area contributed by atoms with Gasteiger partial charge in [-0.2, -0.15) is 0 Å². The van der Waals surface area contributed by atoms with Gasteiger partial charge in [-0.15, -0.1) is 20.4 Å². The van der Waals surface area contributed by atoms with E-state index < -0.39 is 6.04 Å². The lowest BCUT2D eigenvalue weighted by molar-refractivity contribution is -0.0276. The predicted molar refractivity (Wildman–Crippen MR) is 202 cm³/mol. The maximum Gasteiger partial charge on any atom is 0.237 e. The predicted octanol–water partition coefficient (Wildman–Crippen LogP) is 3.96. The van der Waals surface area contributed by atoms with Gasteiger partial charge in [0.25, 0.3) is 0 Å². The molecule has 1 atom stereocenters. The largest absolute Gasteiger partial charge is 0.486 e. The van der Waals surface area contributed by atoms with Gasteiger partial charge in [0.05, 0.1) is 56.8 Å². The molecule has 5 aromatic heterocycles. The van der Waals surface area contributed by atoms with E-state index in [1.54, 1.807) is 61.6 Å². The van der Waals surface area contributed by atoms with Crippen LogP contribution in [0, 0.1) is 0 Å². The molecular weight excluding hydrogens is 757 g/mol. The van der Waals surface area contributed by atoms with Gasteiger partial charge in [0, 0.05) is 57.9 Å². The third kappa shape index (κ3) is 14.8. The second kappa shape index (κ2) is 24.4. The van der Waals surface area contributed by atoms with Crippen LogP contribution in [0.1, 0.15) is 29.8 Å². The molecule has 9 N–H and O–H groups in total. The molecule has 0 aliphatic heterocycles. The Hall–Kier alpha value is -5.90. The summed E-state index contributed by atoms with van der Waals surface area (Å²) in [5.74, 6) is 0.595. The fourth-order valence-electron chi connectivity index (χ4n) is 4.30. The minimum absolute atomic E-state index is 0.0666. The summed E-state index contributed by atoms with van der Waals surface area (Å²) in [5.41, 5.74) is 16.2. The Labute approximate surface area is 324 Å². The molecule has 5 heterocycles. The number of nitrogens with zero attached hydrogens (tertiary/aromatic N) is 8. The molecule has 0 spiro atoms.